The molecule has 96 valence electrons. The number of H-pyrrole nitrogens is 1. The van der Waals surface area contributed by atoms with Crippen molar-refractivity contribution < 1.29 is 0 Å². The van der Waals surface area contributed by atoms with E-state index in [1.165, 1.54) is 39.6 Å². The summed E-state index contributed by atoms with van der Waals surface area (Å²) in [5.74, 6) is 0. The first-order valence-corrected chi connectivity index (χ1v) is 6.84. The highest BCUT2D eigenvalue weighted by Gasteiger charge is 2.07. The maximum Gasteiger partial charge on any atom is 0.0492 e. The number of aromatic nitrogens is 1. The zero-order valence-corrected chi connectivity index (χ0v) is 11.9. The lowest BCUT2D eigenvalue weighted by Crippen LogP contribution is -1.88. The van der Waals surface area contributed by atoms with Crippen molar-refractivity contribution in [2.75, 3.05) is 0 Å². The number of fused-ring (bicyclic) bond motifs is 1. The number of hydrogen-bond donors (Lipinski definition) is 1. The summed E-state index contributed by atoms with van der Waals surface area (Å²) in [5, 5.41) is 1.41. The van der Waals surface area contributed by atoms with Gasteiger partial charge in [0.15, 0.2) is 0 Å². The van der Waals surface area contributed by atoms with Crippen LogP contribution in [0, 0.1) is 6.92 Å². The summed E-state index contributed by atoms with van der Waals surface area (Å²) >= 11 is 0. The van der Waals surface area contributed by atoms with E-state index in [9.17, 15) is 0 Å². The summed E-state index contributed by atoms with van der Waals surface area (Å²) in [6.07, 6.45) is 7.86. The molecule has 0 fully saturated rings. The van der Waals surface area contributed by atoms with E-state index >= 15 is 0 Å². The molecule has 2 rings (SSSR count). The number of nitrogens with one attached hydrogen (secondary N) is 1. The minimum Gasteiger partial charge on any atom is -0.361 e. The Morgan fingerprint density at radius 2 is 2.00 bits per heavy atom. The van der Waals surface area contributed by atoms with E-state index in [0.717, 1.165) is 12.8 Å². The number of rotatable bonds is 4. The third kappa shape index (κ3) is 2.66. The van der Waals surface area contributed by atoms with E-state index in [1.807, 2.05) is 0 Å². The number of benzene rings is 1. The van der Waals surface area contributed by atoms with Crippen LogP contribution < -0.4 is 0 Å². The third-order valence-corrected chi connectivity index (χ3v) is 3.35. The van der Waals surface area contributed by atoms with E-state index in [0.29, 0.717) is 0 Å². The second-order valence-electron chi connectivity index (χ2n) is 5.40. The van der Waals surface area contributed by atoms with Crippen LogP contribution in [0.25, 0.3) is 10.9 Å². The van der Waals surface area contributed by atoms with Crippen LogP contribution in [-0.2, 0) is 12.8 Å². The van der Waals surface area contributed by atoms with Crippen molar-refractivity contribution in [3.8, 4) is 0 Å². The van der Waals surface area contributed by atoms with Gasteiger partial charge in [-0.25, -0.2) is 0 Å². The second kappa shape index (κ2) is 5.43. The average molecular weight is 241 g/mol. The van der Waals surface area contributed by atoms with Crippen LogP contribution >= 0.6 is 0 Å². The monoisotopic (exact) mass is 241 g/mol. The number of aromatic amines is 1. The van der Waals surface area contributed by atoms with Gasteiger partial charge >= 0.3 is 0 Å². The molecule has 0 aliphatic carbocycles. The quantitative estimate of drug-likeness (QED) is 0.730. The van der Waals surface area contributed by atoms with Gasteiger partial charge in [-0.2, -0.15) is 0 Å². The van der Waals surface area contributed by atoms with Gasteiger partial charge in [-0.3, -0.25) is 0 Å². The first-order chi connectivity index (χ1) is 8.61. The molecule has 0 aliphatic rings. The van der Waals surface area contributed by atoms with Crippen molar-refractivity contribution in [1.29, 1.82) is 0 Å². The molecule has 2 aromatic rings. The van der Waals surface area contributed by atoms with Crippen LogP contribution in [0.1, 0.15) is 43.9 Å². The Labute approximate surface area is 110 Å². The highest BCUT2D eigenvalue weighted by atomic mass is 14.7. The maximum atomic E-state index is 3.46. The summed E-state index contributed by atoms with van der Waals surface area (Å²) in [6, 6.07) is 4.61. The highest BCUT2D eigenvalue weighted by Crippen LogP contribution is 2.25. The molecule has 0 radical (unpaired) electrons. The lowest BCUT2D eigenvalue weighted by molar-refractivity contribution is 0.929. The van der Waals surface area contributed by atoms with Gasteiger partial charge < -0.3 is 4.98 Å². The zero-order chi connectivity index (χ0) is 13.1. The van der Waals surface area contributed by atoms with Crippen LogP contribution in [0.3, 0.4) is 0 Å². The van der Waals surface area contributed by atoms with Gasteiger partial charge in [0.05, 0.1) is 0 Å². The summed E-state index contributed by atoms with van der Waals surface area (Å²) in [7, 11) is 0. The predicted molar refractivity (Wildman–Crippen MR) is 80.2 cm³/mol. The van der Waals surface area contributed by atoms with E-state index in [1.54, 1.807) is 0 Å². The zero-order valence-electron chi connectivity index (χ0n) is 11.9. The van der Waals surface area contributed by atoms with Crippen molar-refractivity contribution in [3.05, 3.63) is 46.7 Å². The largest absolute Gasteiger partial charge is 0.361 e. The van der Waals surface area contributed by atoms with Crippen molar-refractivity contribution in [3.63, 3.8) is 0 Å². The van der Waals surface area contributed by atoms with Gasteiger partial charge in [0.1, 0.15) is 0 Å². The number of aryl methyl sites for hydroxylation is 2. The Hall–Kier alpha value is -1.50. The van der Waals surface area contributed by atoms with E-state index in [4.69, 9.17) is 0 Å². The standard InChI is InChI=1S/C17H23N/c1-5-6-15-11-18-17-14(8-7-12(2)3)9-13(4)10-16(15)17/h7,9-11,18H,5-6,8H2,1-4H3. The van der Waals surface area contributed by atoms with E-state index in [2.05, 4.69) is 57.1 Å². The first kappa shape index (κ1) is 12.9. The molecule has 18 heavy (non-hydrogen) atoms. The van der Waals surface area contributed by atoms with Crippen LogP contribution in [-0.4, -0.2) is 4.98 Å². The molecule has 0 aliphatic heterocycles. The summed E-state index contributed by atoms with van der Waals surface area (Å²) < 4.78 is 0. The molecule has 0 atom stereocenters. The lowest BCUT2D eigenvalue weighted by Gasteiger charge is -2.04. The summed E-state index contributed by atoms with van der Waals surface area (Å²) in [4.78, 5) is 3.46. The minimum absolute atomic E-state index is 1.02. The fraction of sp³-hybridized carbons (Fsp3) is 0.412. The van der Waals surface area contributed by atoms with Gasteiger partial charge in [-0.15, -0.1) is 0 Å². The van der Waals surface area contributed by atoms with Gasteiger partial charge in [-0.05, 0) is 50.8 Å². The van der Waals surface area contributed by atoms with Crippen molar-refractivity contribution in [2.24, 2.45) is 0 Å². The fourth-order valence-electron chi connectivity index (χ4n) is 2.47. The Balaban J connectivity index is 2.49. The molecule has 1 aromatic heterocycles. The third-order valence-electron chi connectivity index (χ3n) is 3.35. The van der Waals surface area contributed by atoms with Gasteiger partial charge in [0.2, 0.25) is 0 Å². The molecular weight excluding hydrogens is 218 g/mol. The molecule has 0 saturated heterocycles. The van der Waals surface area contributed by atoms with Crippen molar-refractivity contribution in [1.82, 2.24) is 4.98 Å². The normalized spacial score (nSPS) is 10.9. The molecule has 1 N–H and O–H groups in total. The first-order valence-electron chi connectivity index (χ1n) is 6.84. The highest BCUT2D eigenvalue weighted by molar-refractivity contribution is 5.87. The number of hydrogen-bond acceptors (Lipinski definition) is 0. The van der Waals surface area contributed by atoms with E-state index in [-0.39, 0.29) is 0 Å². The summed E-state index contributed by atoms with van der Waals surface area (Å²) in [6.45, 7) is 8.74. The van der Waals surface area contributed by atoms with Crippen LogP contribution in [0.2, 0.25) is 0 Å². The molecule has 0 saturated carbocycles. The molecule has 1 heteroatoms. The molecule has 0 bridgehead atoms. The fourth-order valence-corrected chi connectivity index (χ4v) is 2.47. The molecule has 0 spiro atoms. The Bertz CT molecular complexity index is 569. The Morgan fingerprint density at radius 3 is 2.67 bits per heavy atom. The maximum absolute atomic E-state index is 3.46. The molecule has 1 aromatic carbocycles. The molecule has 0 unspecified atom stereocenters. The molecule has 1 nitrogen and oxygen atoms in total. The summed E-state index contributed by atoms with van der Waals surface area (Å²) in [5.41, 5.74) is 6.92. The number of allylic oxidation sites excluding steroid dienone is 2. The van der Waals surface area contributed by atoms with Crippen LogP contribution in [0.4, 0.5) is 0 Å². The van der Waals surface area contributed by atoms with Crippen LogP contribution in [0.5, 0.6) is 0 Å². The van der Waals surface area contributed by atoms with Gasteiger partial charge in [0.25, 0.3) is 0 Å². The average Bonchev–Trinajstić information content (AvgIpc) is 2.70. The topological polar surface area (TPSA) is 15.8 Å². The molecule has 0 amide bonds. The van der Waals surface area contributed by atoms with Crippen molar-refractivity contribution in [2.45, 2.75) is 47.0 Å². The SMILES string of the molecule is CCCc1c[nH]c2c(CC=C(C)C)cc(C)cc12. The second-order valence-corrected chi connectivity index (χ2v) is 5.40. The van der Waals surface area contributed by atoms with Crippen molar-refractivity contribution >= 4 is 10.9 Å². The Kier molecular flexibility index (Phi) is 3.90. The minimum atomic E-state index is 1.02. The van der Waals surface area contributed by atoms with Gasteiger partial charge in [-0.1, -0.05) is 36.6 Å². The lowest BCUT2D eigenvalue weighted by atomic mass is 10.0. The molecule has 1 heterocycles. The van der Waals surface area contributed by atoms with Gasteiger partial charge in [0, 0.05) is 17.1 Å². The predicted octanol–water partition coefficient (Wildman–Crippen LogP) is 4.94. The van der Waals surface area contributed by atoms with E-state index < -0.39 is 0 Å². The smallest absolute Gasteiger partial charge is 0.0492 e. The Morgan fingerprint density at radius 1 is 1.22 bits per heavy atom. The molecular formula is C17H23N. The van der Waals surface area contributed by atoms with Crippen LogP contribution in [0.15, 0.2) is 30.0 Å².